The first-order valence-electron chi connectivity index (χ1n) is 7.19. The molecule has 2 aromatic carbocycles. The molecule has 3 N–H and O–H groups in total. The minimum atomic E-state index is -3.99. The molecule has 1 atom stereocenters. The molecule has 0 saturated carbocycles. The number of hydrogen-bond donors (Lipinski definition) is 3. The van der Waals surface area contributed by atoms with Crippen LogP contribution in [0, 0.1) is 0 Å². The lowest BCUT2D eigenvalue weighted by molar-refractivity contribution is -0.118. The number of methoxy groups -OCH3 is 1. The molecule has 0 radical (unpaired) electrons. The number of rotatable bonds is 7. The van der Waals surface area contributed by atoms with Crippen molar-refractivity contribution in [2.24, 2.45) is 0 Å². The molecular formula is C16H17ClN2O5S. The van der Waals surface area contributed by atoms with E-state index in [4.69, 9.17) is 16.3 Å². The molecule has 0 aromatic heterocycles. The number of benzene rings is 2. The molecule has 7 nitrogen and oxygen atoms in total. The third kappa shape index (κ3) is 5.17. The van der Waals surface area contributed by atoms with E-state index in [1.54, 1.807) is 24.3 Å². The van der Waals surface area contributed by atoms with Crippen LogP contribution in [0.25, 0.3) is 0 Å². The Morgan fingerprint density at radius 1 is 1.24 bits per heavy atom. The van der Waals surface area contributed by atoms with Gasteiger partial charge in [0.15, 0.2) is 0 Å². The Bertz CT molecular complexity index is 840. The highest BCUT2D eigenvalue weighted by Crippen LogP contribution is 2.17. The van der Waals surface area contributed by atoms with Crippen molar-refractivity contribution in [1.82, 2.24) is 4.72 Å². The molecule has 1 amide bonds. The van der Waals surface area contributed by atoms with E-state index in [0.717, 1.165) is 0 Å². The van der Waals surface area contributed by atoms with Gasteiger partial charge >= 0.3 is 0 Å². The number of nitrogens with one attached hydrogen (secondary N) is 2. The Hall–Kier alpha value is -2.13. The number of ether oxygens (including phenoxy) is 1. The van der Waals surface area contributed by atoms with Gasteiger partial charge in [-0.25, -0.2) is 8.42 Å². The lowest BCUT2D eigenvalue weighted by atomic mass is 10.2. The number of anilines is 1. The van der Waals surface area contributed by atoms with Crippen molar-refractivity contribution in [3.8, 4) is 5.75 Å². The van der Waals surface area contributed by atoms with Gasteiger partial charge in [0.2, 0.25) is 15.9 Å². The Balaban J connectivity index is 2.12. The van der Waals surface area contributed by atoms with Gasteiger partial charge in [0.25, 0.3) is 0 Å². The maximum absolute atomic E-state index is 12.3. The zero-order valence-electron chi connectivity index (χ0n) is 13.3. The Morgan fingerprint density at radius 3 is 2.52 bits per heavy atom. The zero-order chi connectivity index (χ0) is 18.4. The van der Waals surface area contributed by atoms with Crippen LogP contribution in [0.3, 0.4) is 0 Å². The van der Waals surface area contributed by atoms with E-state index >= 15 is 0 Å². The van der Waals surface area contributed by atoms with Crippen molar-refractivity contribution in [2.75, 3.05) is 19.0 Å². The summed E-state index contributed by atoms with van der Waals surface area (Å²) in [5, 5.41) is 12.3. The second-order valence-electron chi connectivity index (χ2n) is 5.03. The van der Waals surface area contributed by atoms with Gasteiger partial charge in [0.1, 0.15) is 11.8 Å². The van der Waals surface area contributed by atoms with Crippen LogP contribution in [0.15, 0.2) is 53.4 Å². The number of amides is 1. The van der Waals surface area contributed by atoms with Gasteiger partial charge in [-0.2, -0.15) is 4.72 Å². The highest BCUT2D eigenvalue weighted by molar-refractivity contribution is 7.89. The van der Waals surface area contributed by atoms with Crippen LogP contribution < -0.4 is 14.8 Å². The van der Waals surface area contributed by atoms with Crippen LogP contribution in [-0.2, 0) is 14.8 Å². The fraction of sp³-hybridized carbons (Fsp3) is 0.188. The van der Waals surface area contributed by atoms with Gasteiger partial charge in [0, 0.05) is 16.8 Å². The highest BCUT2D eigenvalue weighted by Gasteiger charge is 2.25. The summed E-state index contributed by atoms with van der Waals surface area (Å²) in [6.45, 7) is -0.706. The molecule has 0 saturated heterocycles. The monoisotopic (exact) mass is 384 g/mol. The lowest BCUT2D eigenvalue weighted by Crippen LogP contribution is -2.46. The first-order valence-corrected chi connectivity index (χ1v) is 9.05. The summed E-state index contributed by atoms with van der Waals surface area (Å²) < 4.78 is 31.8. The smallest absolute Gasteiger partial charge is 0.244 e. The SMILES string of the molecule is COc1cccc(NC(=O)[C@H](CO)NS(=O)(=O)c2ccc(Cl)cc2)c1. The minimum Gasteiger partial charge on any atom is -0.497 e. The van der Waals surface area contributed by atoms with Gasteiger partial charge in [0.05, 0.1) is 18.6 Å². The molecule has 2 aromatic rings. The van der Waals surface area contributed by atoms with Crippen molar-refractivity contribution in [2.45, 2.75) is 10.9 Å². The van der Waals surface area contributed by atoms with Crippen molar-refractivity contribution in [1.29, 1.82) is 0 Å². The first-order chi connectivity index (χ1) is 11.9. The fourth-order valence-electron chi connectivity index (χ4n) is 1.97. The number of halogens is 1. The summed E-state index contributed by atoms with van der Waals surface area (Å²) >= 11 is 5.73. The molecule has 9 heteroatoms. The van der Waals surface area contributed by atoms with Crippen LogP contribution in [0.4, 0.5) is 5.69 Å². The molecule has 0 heterocycles. The summed E-state index contributed by atoms with van der Waals surface area (Å²) in [5.41, 5.74) is 0.411. The molecule has 25 heavy (non-hydrogen) atoms. The van der Waals surface area contributed by atoms with Gasteiger partial charge in [-0.15, -0.1) is 0 Å². The third-order valence-corrected chi connectivity index (χ3v) is 5.00. The standard InChI is InChI=1S/C16H17ClN2O5S/c1-24-13-4-2-3-12(9-13)18-16(21)15(10-20)19-25(22,23)14-7-5-11(17)6-8-14/h2-9,15,19-20H,10H2,1H3,(H,18,21)/t15-/m0/s1. The van der Waals surface area contributed by atoms with Gasteiger partial charge in [-0.1, -0.05) is 17.7 Å². The van der Waals surface area contributed by atoms with Crippen molar-refractivity contribution in [3.63, 3.8) is 0 Å². The molecule has 134 valence electrons. The molecule has 0 spiro atoms. The summed E-state index contributed by atoms with van der Waals surface area (Å²) in [7, 11) is -2.51. The largest absolute Gasteiger partial charge is 0.497 e. The van der Waals surface area contributed by atoms with E-state index in [9.17, 15) is 18.3 Å². The average Bonchev–Trinajstić information content (AvgIpc) is 2.60. The molecule has 0 aliphatic rings. The van der Waals surface area contributed by atoms with Crippen LogP contribution in [0.2, 0.25) is 5.02 Å². The summed E-state index contributed by atoms with van der Waals surface area (Å²) in [6, 6.07) is 10.6. The van der Waals surface area contributed by atoms with Gasteiger partial charge in [-0.3, -0.25) is 4.79 Å². The van der Waals surface area contributed by atoms with Crippen molar-refractivity contribution >= 4 is 33.2 Å². The molecule has 0 bridgehead atoms. The average molecular weight is 385 g/mol. The third-order valence-electron chi connectivity index (χ3n) is 3.26. The van der Waals surface area contributed by atoms with E-state index in [0.29, 0.717) is 16.5 Å². The molecule has 0 aliphatic carbocycles. The second kappa shape index (κ2) is 8.30. The molecule has 0 unspecified atom stereocenters. The zero-order valence-corrected chi connectivity index (χ0v) is 14.8. The van der Waals surface area contributed by atoms with Gasteiger partial charge < -0.3 is 15.2 Å². The Morgan fingerprint density at radius 2 is 1.92 bits per heavy atom. The van der Waals surface area contributed by atoms with E-state index in [-0.39, 0.29) is 4.90 Å². The number of sulfonamides is 1. The number of aliphatic hydroxyl groups excluding tert-OH is 1. The summed E-state index contributed by atoms with van der Waals surface area (Å²) in [4.78, 5) is 12.2. The van der Waals surface area contributed by atoms with E-state index in [2.05, 4.69) is 10.0 Å². The Labute approximate surface area is 150 Å². The number of aliphatic hydroxyl groups is 1. The van der Waals surface area contributed by atoms with Crippen molar-refractivity contribution in [3.05, 3.63) is 53.6 Å². The quantitative estimate of drug-likeness (QED) is 0.673. The molecular weight excluding hydrogens is 368 g/mol. The number of carbonyl (C=O) groups is 1. The maximum atomic E-state index is 12.3. The second-order valence-corrected chi connectivity index (χ2v) is 7.18. The van der Waals surface area contributed by atoms with E-state index < -0.39 is 28.6 Å². The minimum absolute atomic E-state index is 0.0652. The van der Waals surface area contributed by atoms with Crippen LogP contribution in [0.5, 0.6) is 5.75 Å². The van der Waals surface area contributed by atoms with Crippen LogP contribution >= 0.6 is 11.6 Å². The first kappa shape index (κ1) is 19.2. The molecule has 0 aliphatic heterocycles. The number of carbonyl (C=O) groups excluding carboxylic acids is 1. The fourth-order valence-corrected chi connectivity index (χ4v) is 3.29. The predicted molar refractivity (Wildman–Crippen MR) is 94.3 cm³/mol. The molecule has 2 rings (SSSR count). The summed E-state index contributed by atoms with van der Waals surface area (Å²) in [6.07, 6.45) is 0. The maximum Gasteiger partial charge on any atom is 0.244 e. The molecule has 0 fully saturated rings. The topological polar surface area (TPSA) is 105 Å². The number of hydrogen-bond acceptors (Lipinski definition) is 5. The van der Waals surface area contributed by atoms with Crippen molar-refractivity contribution < 1.29 is 23.1 Å². The highest BCUT2D eigenvalue weighted by atomic mass is 35.5. The van der Waals surface area contributed by atoms with E-state index in [1.807, 2.05) is 0 Å². The Kier molecular flexibility index (Phi) is 6.38. The normalized spacial score (nSPS) is 12.4. The van der Waals surface area contributed by atoms with Crippen LogP contribution in [0.1, 0.15) is 0 Å². The van der Waals surface area contributed by atoms with E-state index in [1.165, 1.54) is 31.4 Å². The lowest BCUT2D eigenvalue weighted by Gasteiger charge is -2.16. The predicted octanol–water partition coefficient (Wildman–Crippen LogP) is 1.63. The summed E-state index contributed by atoms with van der Waals surface area (Å²) in [5.74, 6) is -0.173. The van der Waals surface area contributed by atoms with Gasteiger partial charge in [-0.05, 0) is 36.4 Å². The van der Waals surface area contributed by atoms with Crippen LogP contribution in [-0.4, -0.2) is 39.2 Å².